The van der Waals surface area contributed by atoms with Crippen molar-refractivity contribution < 1.29 is 0 Å². The molecule has 2 aromatic heterocycles. The third-order valence-electron chi connectivity index (χ3n) is 2.45. The van der Waals surface area contributed by atoms with Crippen LogP contribution in [0.3, 0.4) is 0 Å². The van der Waals surface area contributed by atoms with Crippen molar-refractivity contribution in [3.05, 3.63) is 57.2 Å². The van der Waals surface area contributed by atoms with Crippen LogP contribution in [0.25, 0.3) is 0 Å². The van der Waals surface area contributed by atoms with E-state index in [1.54, 1.807) is 29.2 Å². The third kappa shape index (κ3) is 2.94. The fraction of sp³-hybridized carbons (Fsp3) is 0.167. The summed E-state index contributed by atoms with van der Waals surface area (Å²) < 4.78 is 2.10. The van der Waals surface area contributed by atoms with E-state index in [1.807, 2.05) is 12.1 Å². The molecule has 0 fully saturated rings. The highest BCUT2D eigenvalue weighted by Gasteiger charge is 2.02. The van der Waals surface area contributed by atoms with Gasteiger partial charge in [-0.05, 0) is 46.1 Å². The predicted octanol–water partition coefficient (Wildman–Crippen LogP) is 1.83. The van der Waals surface area contributed by atoms with Gasteiger partial charge in [0.05, 0.1) is 4.47 Å². The number of nitrogen functional groups attached to an aromatic ring is 1. The van der Waals surface area contributed by atoms with Crippen LogP contribution in [0.1, 0.15) is 5.56 Å². The lowest BCUT2D eigenvalue weighted by Crippen LogP contribution is -2.21. The summed E-state index contributed by atoms with van der Waals surface area (Å²) in [5.41, 5.74) is 7.35. The van der Waals surface area contributed by atoms with E-state index in [0.29, 0.717) is 16.7 Å². The summed E-state index contributed by atoms with van der Waals surface area (Å²) in [6.07, 6.45) is 5.92. The minimum Gasteiger partial charge on any atom is -0.398 e. The van der Waals surface area contributed by atoms with Crippen LogP contribution < -0.4 is 11.3 Å². The first kappa shape index (κ1) is 11.9. The maximum Gasteiger partial charge on any atom is 0.264 e. The molecule has 2 N–H and O–H groups in total. The van der Waals surface area contributed by atoms with Gasteiger partial charge in [0.1, 0.15) is 0 Å². The van der Waals surface area contributed by atoms with Crippen molar-refractivity contribution in [3.8, 4) is 0 Å². The van der Waals surface area contributed by atoms with Crippen molar-refractivity contribution in [2.24, 2.45) is 0 Å². The molecule has 0 aliphatic rings. The molecule has 0 radical (unpaired) electrons. The van der Waals surface area contributed by atoms with E-state index in [4.69, 9.17) is 5.73 Å². The molecule has 5 heteroatoms. The predicted molar refractivity (Wildman–Crippen MR) is 70.8 cm³/mol. The zero-order valence-corrected chi connectivity index (χ0v) is 10.7. The second kappa shape index (κ2) is 5.14. The lowest BCUT2D eigenvalue weighted by atomic mass is 10.2. The number of pyridine rings is 2. The van der Waals surface area contributed by atoms with Crippen molar-refractivity contribution in [2.75, 3.05) is 5.73 Å². The Balaban J connectivity index is 2.17. The van der Waals surface area contributed by atoms with Crippen LogP contribution in [0.2, 0.25) is 0 Å². The van der Waals surface area contributed by atoms with Crippen molar-refractivity contribution in [1.29, 1.82) is 0 Å². The van der Waals surface area contributed by atoms with Gasteiger partial charge < -0.3 is 10.3 Å². The van der Waals surface area contributed by atoms with Crippen LogP contribution in [0.5, 0.6) is 0 Å². The molecule has 0 aromatic carbocycles. The lowest BCUT2D eigenvalue weighted by Gasteiger charge is -2.07. The van der Waals surface area contributed by atoms with E-state index in [0.717, 1.165) is 12.0 Å². The topological polar surface area (TPSA) is 60.9 Å². The van der Waals surface area contributed by atoms with Crippen molar-refractivity contribution >= 4 is 21.6 Å². The zero-order chi connectivity index (χ0) is 12.3. The van der Waals surface area contributed by atoms with Gasteiger partial charge in [-0.15, -0.1) is 0 Å². The van der Waals surface area contributed by atoms with Gasteiger partial charge in [0.15, 0.2) is 0 Å². The molecule has 88 valence electrons. The van der Waals surface area contributed by atoms with Gasteiger partial charge in [-0.2, -0.15) is 0 Å². The Kier molecular flexibility index (Phi) is 3.58. The van der Waals surface area contributed by atoms with Gasteiger partial charge >= 0.3 is 0 Å². The highest BCUT2D eigenvalue weighted by molar-refractivity contribution is 9.10. The molecule has 0 spiro atoms. The Morgan fingerprint density at radius 1 is 1.35 bits per heavy atom. The van der Waals surface area contributed by atoms with Crippen LogP contribution in [0.4, 0.5) is 5.69 Å². The first-order valence-corrected chi connectivity index (χ1v) is 6.00. The van der Waals surface area contributed by atoms with Crippen LogP contribution in [-0.4, -0.2) is 9.55 Å². The molecule has 0 saturated heterocycles. The van der Waals surface area contributed by atoms with Crippen molar-refractivity contribution in [3.63, 3.8) is 0 Å². The van der Waals surface area contributed by atoms with Crippen LogP contribution in [-0.2, 0) is 13.0 Å². The SMILES string of the molecule is Nc1cc(Br)c(=O)n(CCc2ccncc2)c1. The smallest absolute Gasteiger partial charge is 0.264 e. The summed E-state index contributed by atoms with van der Waals surface area (Å²) in [6.45, 7) is 0.604. The normalized spacial score (nSPS) is 10.4. The number of nitrogens with zero attached hydrogens (tertiary/aromatic N) is 2. The second-order valence-corrected chi connectivity index (χ2v) is 4.58. The first-order chi connectivity index (χ1) is 8.16. The molecule has 0 bridgehead atoms. The molecule has 2 aromatic rings. The number of hydrogen-bond donors (Lipinski definition) is 1. The molecule has 0 amide bonds. The Hall–Kier alpha value is -1.62. The van der Waals surface area contributed by atoms with Crippen LogP contribution in [0, 0.1) is 0 Å². The molecule has 4 nitrogen and oxygen atoms in total. The maximum atomic E-state index is 11.8. The van der Waals surface area contributed by atoms with Gasteiger partial charge in [0.25, 0.3) is 5.56 Å². The minimum absolute atomic E-state index is 0.0618. The lowest BCUT2D eigenvalue weighted by molar-refractivity contribution is 0.668. The van der Waals surface area contributed by atoms with Gasteiger partial charge in [-0.3, -0.25) is 9.78 Å². The second-order valence-electron chi connectivity index (χ2n) is 3.73. The number of rotatable bonds is 3. The highest BCUT2D eigenvalue weighted by Crippen LogP contribution is 2.09. The summed E-state index contributed by atoms with van der Waals surface area (Å²) in [7, 11) is 0. The molecule has 0 aliphatic heterocycles. The highest BCUT2D eigenvalue weighted by atomic mass is 79.9. The maximum absolute atomic E-state index is 11.8. The van der Waals surface area contributed by atoms with E-state index >= 15 is 0 Å². The standard InChI is InChI=1S/C12H12BrN3O/c13-11-7-10(14)8-16(12(11)17)6-3-9-1-4-15-5-2-9/h1-2,4-5,7-8H,3,6,14H2. The zero-order valence-electron chi connectivity index (χ0n) is 9.14. The molecule has 2 rings (SSSR count). The average molecular weight is 294 g/mol. The summed E-state index contributed by atoms with van der Waals surface area (Å²) in [4.78, 5) is 15.7. The van der Waals surface area contributed by atoms with Gasteiger partial charge in [-0.1, -0.05) is 0 Å². The van der Waals surface area contributed by atoms with E-state index in [-0.39, 0.29) is 5.56 Å². The van der Waals surface area contributed by atoms with E-state index in [1.165, 1.54) is 0 Å². The Bertz CT molecular complexity index is 566. The Labute approximate surface area is 107 Å². The van der Waals surface area contributed by atoms with E-state index < -0.39 is 0 Å². The van der Waals surface area contributed by atoms with Gasteiger partial charge in [0.2, 0.25) is 0 Å². The van der Waals surface area contributed by atoms with Crippen LogP contribution in [0.15, 0.2) is 46.1 Å². The molecule has 0 saturated carbocycles. The summed E-state index contributed by atoms with van der Waals surface area (Å²) in [5.74, 6) is 0. The molecular formula is C12H12BrN3O. The fourth-order valence-electron chi connectivity index (χ4n) is 1.59. The van der Waals surface area contributed by atoms with Gasteiger partial charge in [0, 0.05) is 30.8 Å². The van der Waals surface area contributed by atoms with Crippen molar-refractivity contribution in [1.82, 2.24) is 9.55 Å². The summed E-state index contributed by atoms with van der Waals surface area (Å²) >= 11 is 3.20. The summed E-state index contributed by atoms with van der Waals surface area (Å²) in [6, 6.07) is 5.49. The number of halogens is 1. The third-order valence-corrected chi connectivity index (χ3v) is 3.02. The van der Waals surface area contributed by atoms with Crippen LogP contribution >= 0.6 is 15.9 Å². The van der Waals surface area contributed by atoms with E-state index in [9.17, 15) is 4.79 Å². The largest absolute Gasteiger partial charge is 0.398 e. The number of aromatic nitrogens is 2. The molecule has 0 atom stereocenters. The molecule has 0 unspecified atom stereocenters. The average Bonchev–Trinajstić information content (AvgIpc) is 2.33. The monoisotopic (exact) mass is 293 g/mol. The molecule has 0 aliphatic carbocycles. The number of aryl methyl sites for hydroxylation is 2. The Morgan fingerprint density at radius 2 is 2.06 bits per heavy atom. The number of anilines is 1. The minimum atomic E-state index is -0.0618. The molecule has 2 heterocycles. The Morgan fingerprint density at radius 3 is 2.76 bits per heavy atom. The van der Waals surface area contributed by atoms with E-state index in [2.05, 4.69) is 20.9 Å². The molecule has 17 heavy (non-hydrogen) atoms. The fourth-order valence-corrected chi connectivity index (χ4v) is 2.08. The number of hydrogen-bond acceptors (Lipinski definition) is 3. The quantitative estimate of drug-likeness (QED) is 0.939. The van der Waals surface area contributed by atoms with Gasteiger partial charge in [-0.25, -0.2) is 0 Å². The van der Waals surface area contributed by atoms with Crippen molar-refractivity contribution in [2.45, 2.75) is 13.0 Å². The number of nitrogens with two attached hydrogens (primary N) is 1. The molecular weight excluding hydrogens is 282 g/mol. The first-order valence-electron chi connectivity index (χ1n) is 5.21. The summed E-state index contributed by atoms with van der Waals surface area (Å²) in [5, 5.41) is 0.